The van der Waals surface area contributed by atoms with Gasteiger partial charge < -0.3 is 10.8 Å². The van der Waals surface area contributed by atoms with Gasteiger partial charge in [-0.25, -0.2) is 0 Å². The Kier molecular flexibility index (Phi) is 3.48. The minimum atomic E-state index is -0.945. The molecule has 0 amide bonds. The molecule has 5 heteroatoms. The fourth-order valence-electron chi connectivity index (χ4n) is 0.758. The first-order valence-corrected chi connectivity index (χ1v) is 5.27. The standard InChI is InChI=1S/C7H8INO2S/c8-4-1-2-12-6(4)3-5(9)7(10)11/h1-2,5H,3,9H2,(H,10,11)/t5-/m0/s1. The molecule has 0 spiro atoms. The van der Waals surface area contributed by atoms with Crippen LogP contribution in [-0.2, 0) is 11.2 Å². The molecule has 0 aliphatic heterocycles. The molecule has 1 heterocycles. The van der Waals surface area contributed by atoms with E-state index in [0.717, 1.165) is 8.45 Å². The average Bonchev–Trinajstić information content (AvgIpc) is 2.36. The van der Waals surface area contributed by atoms with E-state index in [9.17, 15) is 4.79 Å². The van der Waals surface area contributed by atoms with Crippen LogP contribution < -0.4 is 5.73 Å². The summed E-state index contributed by atoms with van der Waals surface area (Å²) in [4.78, 5) is 11.5. The average molecular weight is 297 g/mol. The molecule has 1 aromatic heterocycles. The molecule has 0 unspecified atom stereocenters. The van der Waals surface area contributed by atoms with Gasteiger partial charge in [0, 0.05) is 14.9 Å². The molecule has 3 nitrogen and oxygen atoms in total. The van der Waals surface area contributed by atoms with Gasteiger partial charge in [-0.15, -0.1) is 11.3 Å². The molecule has 0 bridgehead atoms. The third kappa shape index (κ3) is 2.43. The van der Waals surface area contributed by atoms with E-state index in [1.807, 2.05) is 11.4 Å². The summed E-state index contributed by atoms with van der Waals surface area (Å²) in [7, 11) is 0. The van der Waals surface area contributed by atoms with Gasteiger partial charge in [0.2, 0.25) is 0 Å². The quantitative estimate of drug-likeness (QED) is 0.827. The third-order valence-corrected chi connectivity index (χ3v) is 3.73. The molecule has 0 aromatic carbocycles. The molecule has 0 saturated heterocycles. The van der Waals surface area contributed by atoms with Crippen molar-refractivity contribution in [3.63, 3.8) is 0 Å². The van der Waals surface area contributed by atoms with Crippen molar-refractivity contribution >= 4 is 39.9 Å². The maximum atomic E-state index is 10.4. The van der Waals surface area contributed by atoms with Crippen LogP contribution in [0.5, 0.6) is 0 Å². The number of rotatable bonds is 3. The fourth-order valence-corrected chi connectivity index (χ4v) is 2.61. The first kappa shape index (κ1) is 9.94. The van der Waals surface area contributed by atoms with Gasteiger partial charge in [-0.1, -0.05) is 0 Å². The van der Waals surface area contributed by atoms with Gasteiger partial charge in [0.25, 0.3) is 0 Å². The lowest BCUT2D eigenvalue weighted by molar-refractivity contribution is -0.138. The molecule has 1 aromatic rings. The van der Waals surface area contributed by atoms with Crippen LogP contribution in [0.1, 0.15) is 4.88 Å². The molecule has 0 fully saturated rings. The highest BCUT2D eigenvalue weighted by molar-refractivity contribution is 14.1. The van der Waals surface area contributed by atoms with E-state index in [-0.39, 0.29) is 0 Å². The molecule has 3 N–H and O–H groups in total. The normalized spacial score (nSPS) is 12.8. The van der Waals surface area contributed by atoms with E-state index < -0.39 is 12.0 Å². The van der Waals surface area contributed by atoms with Crippen molar-refractivity contribution in [3.8, 4) is 0 Å². The van der Waals surface area contributed by atoms with Gasteiger partial charge >= 0.3 is 5.97 Å². The number of nitrogens with two attached hydrogens (primary N) is 1. The Morgan fingerprint density at radius 1 is 1.83 bits per heavy atom. The lowest BCUT2D eigenvalue weighted by Crippen LogP contribution is -2.32. The van der Waals surface area contributed by atoms with Gasteiger partial charge in [0.15, 0.2) is 0 Å². The van der Waals surface area contributed by atoms with E-state index in [1.165, 1.54) is 0 Å². The molecule has 0 saturated carbocycles. The van der Waals surface area contributed by atoms with E-state index in [1.54, 1.807) is 11.3 Å². The van der Waals surface area contributed by atoms with Crippen LogP contribution in [0.25, 0.3) is 0 Å². The van der Waals surface area contributed by atoms with Gasteiger partial charge in [-0.3, -0.25) is 4.79 Å². The maximum Gasteiger partial charge on any atom is 0.320 e. The SMILES string of the molecule is N[C@@H](Cc1sccc1I)C(=O)O. The first-order valence-electron chi connectivity index (χ1n) is 3.31. The summed E-state index contributed by atoms with van der Waals surface area (Å²) < 4.78 is 1.09. The topological polar surface area (TPSA) is 63.3 Å². The van der Waals surface area contributed by atoms with Gasteiger partial charge in [-0.2, -0.15) is 0 Å². The van der Waals surface area contributed by atoms with Crippen molar-refractivity contribution in [2.45, 2.75) is 12.5 Å². The molecule has 12 heavy (non-hydrogen) atoms. The number of hydrogen-bond donors (Lipinski definition) is 2. The molecule has 0 radical (unpaired) electrons. The van der Waals surface area contributed by atoms with Gasteiger partial charge in [0.05, 0.1) is 0 Å². The van der Waals surface area contributed by atoms with Crippen LogP contribution in [0.3, 0.4) is 0 Å². The highest BCUT2D eigenvalue weighted by Gasteiger charge is 2.14. The second-order valence-corrected chi connectivity index (χ2v) is 4.50. The highest BCUT2D eigenvalue weighted by atomic mass is 127. The van der Waals surface area contributed by atoms with Crippen molar-refractivity contribution in [3.05, 3.63) is 19.9 Å². The van der Waals surface area contributed by atoms with Crippen LogP contribution in [-0.4, -0.2) is 17.1 Å². The summed E-state index contributed by atoms with van der Waals surface area (Å²) in [5.74, 6) is -0.945. The van der Waals surface area contributed by atoms with Gasteiger partial charge in [-0.05, 0) is 34.0 Å². The Morgan fingerprint density at radius 2 is 2.50 bits per heavy atom. The maximum absolute atomic E-state index is 10.4. The second-order valence-electron chi connectivity index (χ2n) is 2.34. The Hall–Kier alpha value is -0.140. The molecule has 0 aliphatic rings. The summed E-state index contributed by atoms with van der Waals surface area (Å²) in [5.41, 5.74) is 5.38. The number of hydrogen-bond acceptors (Lipinski definition) is 3. The summed E-state index contributed by atoms with van der Waals surface area (Å²) >= 11 is 3.72. The largest absolute Gasteiger partial charge is 0.480 e. The minimum Gasteiger partial charge on any atom is -0.480 e. The summed E-state index contributed by atoms with van der Waals surface area (Å²) in [6.07, 6.45) is 0.422. The minimum absolute atomic E-state index is 0.422. The first-order chi connectivity index (χ1) is 5.61. The fraction of sp³-hybridized carbons (Fsp3) is 0.286. The van der Waals surface area contributed by atoms with Crippen molar-refractivity contribution in [1.82, 2.24) is 0 Å². The zero-order valence-corrected chi connectivity index (χ0v) is 9.13. The summed E-state index contributed by atoms with van der Waals surface area (Å²) in [6.45, 7) is 0. The lowest BCUT2D eigenvalue weighted by Gasteiger charge is -2.03. The van der Waals surface area contributed by atoms with Gasteiger partial charge in [0.1, 0.15) is 6.04 Å². The van der Waals surface area contributed by atoms with Crippen molar-refractivity contribution in [2.75, 3.05) is 0 Å². The van der Waals surface area contributed by atoms with Crippen LogP contribution in [0.4, 0.5) is 0 Å². The summed E-state index contributed by atoms with van der Waals surface area (Å²) in [5, 5.41) is 10.5. The Labute approximate surface area is 87.7 Å². The number of carboxylic acid groups (broad SMARTS) is 1. The Balaban J connectivity index is 2.64. The second kappa shape index (κ2) is 4.20. The van der Waals surface area contributed by atoms with Crippen LogP contribution in [0, 0.1) is 3.57 Å². The molecule has 1 atom stereocenters. The lowest BCUT2D eigenvalue weighted by atomic mass is 10.2. The number of carboxylic acids is 1. The van der Waals surface area contributed by atoms with Crippen molar-refractivity contribution < 1.29 is 9.90 Å². The molecule has 0 aliphatic carbocycles. The number of thiophene rings is 1. The monoisotopic (exact) mass is 297 g/mol. The predicted octanol–water partition coefficient (Wildman–Crippen LogP) is 1.31. The van der Waals surface area contributed by atoms with E-state index in [2.05, 4.69) is 22.6 Å². The third-order valence-electron chi connectivity index (χ3n) is 1.41. The number of aliphatic carboxylic acids is 1. The van der Waals surface area contributed by atoms with E-state index >= 15 is 0 Å². The molecule has 66 valence electrons. The number of carbonyl (C=O) groups is 1. The van der Waals surface area contributed by atoms with Crippen molar-refractivity contribution in [1.29, 1.82) is 0 Å². The smallest absolute Gasteiger partial charge is 0.320 e. The van der Waals surface area contributed by atoms with Crippen molar-refractivity contribution in [2.24, 2.45) is 5.73 Å². The van der Waals surface area contributed by atoms with Crippen LogP contribution in [0.2, 0.25) is 0 Å². The van der Waals surface area contributed by atoms with Crippen LogP contribution >= 0.6 is 33.9 Å². The predicted molar refractivity (Wildman–Crippen MR) is 56.4 cm³/mol. The Morgan fingerprint density at radius 3 is 2.92 bits per heavy atom. The van der Waals surface area contributed by atoms with E-state index in [0.29, 0.717) is 6.42 Å². The zero-order valence-electron chi connectivity index (χ0n) is 6.16. The zero-order chi connectivity index (χ0) is 9.14. The highest BCUT2D eigenvalue weighted by Crippen LogP contribution is 2.19. The molecular weight excluding hydrogens is 289 g/mol. The Bertz CT molecular complexity index is 287. The summed E-state index contributed by atoms with van der Waals surface area (Å²) in [6, 6.07) is 1.17. The van der Waals surface area contributed by atoms with Crippen LogP contribution in [0.15, 0.2) is 11.4 Å². The van der Waals surface area contributed by atoms with E-state index in [4.69, 9.17) is 10.8 Å². The number of halogens is 1. The molecule has 1 rings (SSSR count). The molecular formula is C7H8INO2S.